The lowest BCUT2D eigenvalue weighted by atomic mass is 9.82. The highest BCUT2D eigenvalue weighted by Crippen LogP contribution is 2.57. The van der Waals surface area contributed by atoms with Crippen LogP contribution in [-0.2, 0) is 11.2 Å². The van der Waals surface area contributed by atoms with Crippen molar-refractivity contribution >= 4 is 23.1 Å². The molecule has 10 heteroatoms. The van der Waals surface area contributed by atoms with Crippen LogP contribution in [0.2, 0.25) is 5.02 Å². The lowest BCUT2D eigenvalue weighted by Crippen LogP contribution is -2.41. The molecule has 1 aliphatic heterocycles. The molecule has 3 aliphatic rings. The highest BCUT2D eigenvalue weighted by Gasteiger charge is 2.50. The zero-order valence-electron chi connectivity index (χ0n) is 26.2. The van der Waals surface area contributed by atoms with Crippen LogP contribution in [0.5, 0.6) is 11.6 Å². The van der Waals surface area contributed by atoms with Crippen molar-refractivity contribution in [1.82, 2.24) is 15.6 Å². The number of aliphatic hydroxyl groups is 1. The van der Waals surface area contributed by atoms with Crippen LogP contribution < -0.4 is 20.1 Å². The minimum atomic E-state index is -0.717. The third kappa shape index (κ3) is 7.06. The zero-order chi connectivity index (χ0) is 32.4. The first-order valence-corrected chi connectivity index (χ1v) is 16.4. The van der Waals surface area contributed by atoms with E-state index in [4.69, 9.17) is 21.1 Å². The first-order valence-electron chi connectivity index (χ1n) is 16.0. The van der Waals surface area contributed by atoms with Gasteiger partial charge in [-0.15, -0.1) is 0 Å². The molecule has 7 nitrogen and oxygen atoms in total. The van der Waals surface area contributed by atoms with Gasteiger partial charge in [-0.2, -0.15) is 0 Å². The highest BCUT2D eigenvalue weighted by atomic mass is 35.5. The fraction of sp³-hybridized carbons (Fsp3) is 0.444. The summed E-state index contributed by atoms with van der Waals surface area (Å²) in [4.78, 5) is 18.5. The Morgan fingerprint density at radius 1 is 1.13 bits per heavy atom. The molecule has 2 aromatic carbocycles. The summed E-state index contributed by atoms with van der Waals surface area (Å²) >= 11 is 5.87. The van der Waals surface area contributed by atoms with Gasteiger partial charge < -0.3 is 25.2 Å². The van der Waals surface area contributed by atoms with E-state index in [2.05, 4.69) is 39.9 Å². The van der Waals surface area contributed by atoms with E-state index >= 15 is 0 Å². The number of nitrogens with zero attached hydrogens (tertiary/aromatic N) is 1. The largest absolute Gasteiger partial charge is 0.489 e. The first-order chi connectivity index (χ1) is 22.2. The van der Waals surface area contributed by atoms with Crippen LogP contribution in [0.3, 0.4) is 0 Å². The van der Waals surface area contributed by atoms with Gasteiger partial charge in [0.1, 0.15) is 17.4 Å². The molecule has 1 spiro atoms. The van der Waals surface area contributed by atoms with Gasteiger partial charge in [0, 0.05) is 35.8 Å². The van der Waals surface area contributed by atoms with Crippen molar-refractivity contribution in [3.05, 3.63) is 93.1 Å². The molecule has 2 unspecified atom stereocenters. The van der Waals surface area contributed by atoms with Crippen molar-refractivity contribution in [2.75, 3.05) is 26.3 Å². The number of halogens is 3. The van der Waals surface area contributed by atoms with Crippen molar-refractivity contribution in [3.8, 4) is 11.6 Å². The molecule has 6 rings (SSSR count). The number of benzene rings is 2. The van der Waals surface area contributed by atoms with E-state index < -0.39 is 17.7 Å². The second kappa shape index (κ2) is 13.7. The SMILES string of the molecule is Cc1c(C(NC(=O)C2=C(c3ccc(CCCOc4c(F)ccc(F)c4Cl)cc3)C3(CC3)CNC2)C2CC2)ccnc1OCC(C)O. The number of aliphatic hydroxyl groups excluding tert-OH is 1. The summed E-state index contributed by atoms with van der Waals surface area (Å²) in [5.41, 5.74) is 5.86. The maximum Gasteiger partial charge on any atom is 0.249 e. The van der Waals surface area contributed by atoms with Crippen LogP contribution in [0.1, 0.15) is 67.3 Å². The molecule has 0 bridgehead atoms. The fourth-order valence-electron chi connectivity index (χ4n) is 6.42. The predicted molar refractivity (Wildman–Crippen MR) is 173 cm³/mol. The lowest BCUT2D eigenvalue weighted by Gasteiger charge is -2.31. The van der Waals surface area contributed by atoms with E-state index in [1.54, 1.807) is 13.1 Å². The third-order valence-corrected chi connectivity index (χ3v) is 9.55. The number of hydrogen-bond acceptors (Lipinski definition) is 6. The summed E-state index contributed by atoms with van der Waals surface area (Å²) in [6.07, 6.45) is 6.53. The number of pyridine rings is 1. The summed E-state index contributed by atoms with van der Waals surface area (Å²) in [7, 11) is 0. The summed E-state index contributed by atoms with van der Waals surface area (Å²) in [6, 6.07) is 12.1. The summed E-state index contributed by atoms with van der Waals surface area (Å²) in [5, 5.41) is 16.2. The molecular formula is C36H40ClF2N3O4. The van der Waals surface area contributed by atoms with E-state index in [0.29, 0.717) is 31.2 Å². The van der Waals surface area contributed by atoms with Crippen molar-refractivity contribution in [1.29, 1.82) is 0 Å². The van der Waals surface area contributed by atoms with Crippen LogP contribution in [0.15, 0.2) is 54.2 Å². The molecule has 244 valence electrons. The smallest absolute Gasteiger partial charge is 0.249 e. The summed E-state index contributed by atoms with van der Waals surface area (Å²) in [5.74, 6) is -0.898. The monoisotopic (exact) mass is 651 g/mol. The Morgan fingerprint density at radius 3 is 2.57 bits per heavy atom. The number of carbonyl (C=O) groups is 1. The van der Waals surface area contributed by atoms with E-state index in [1.807, 2.05) is 13.0 Å². The maximum absolute atomic E-state index is 14.1. The van der Waals surface area contributed by atoms with Gasteiger partial charge in [0.25, 0.3) is 0 Å². The number of ether oxygens (including phenoxy) is 2. The minimum absolute atomic E-state index is 0.0434. The number of amides is 1. The van der Waals surface area contributed by atoms with Gasteiger partial charge in [-0.05, 0) is 98.8 Å². The van der Waals surface area contributed by atoms with Crippen LogP contribution in [0, 0.1) is 29.9 Å². The Kier molecular flexibility index (Phi) is 9.64. The molecule has 0 radical (unpaired) electrons. The van der Waals surface area contributed by atoms with Gasteiger partial charge in [0.05, 0.1) is 18.8 Å². The quantitative estimate of drug-likeness (QED) is 0.144. The predicted octanol–water partition coefficient (Wildman–Crippen LogP) is 6.50. The van der Waals surface area contributed by atoms with Crippen LogP contribution in [-0.4, -0.2) is 48.4 Å². The van der Waals surface area contributed by atoms with Crippen molar-refractivity contribution in [2.24, 2.45) is 11.3 Å². The van der Waals surface area contributed by atoms with Gasteiger partial charge in [0.2, 0.25) is 11.8 Å². The van der Waals surface area contributed by atoms with Crippen LogP contribution in [0.4, 0.5) is 8.78 Å². The molecule has 1 aromatic heterocycles. The van der Waals surface area contributed by atoms with Crippen molar-refractivity contribution < 1.29 is 28.2 Å². The van der Waals surface area contributed by atoms with Gasteiger partial charge in [-0.3, -0.25) is 4.79 Å². The molecule has 46 heavy (non-hydrogen) atoms. The average molecular weight is 652 g/mol. The standard InChI is InChI=1S/C36H40ClF2N3O4/c1-21(43)19-46-35-22(2)26(13-16-41-35)32(25-9-10-25)42-34(44)27-18-40-20-36(14-15-36)30(27)24-7-5-23(6-8-24)4-3-17-45-33-29(39)12-11-28(38)31(33)37/h5-8,11-13,16,21,25,32,40,43H,3-4,9-10,14-15,17-20H2,1-2H3,(H,42,44). The number of aryl methyl sites for hydroxylation is 1. The van der Waals surface area contributed by atoms with E-state index in [0.717, 1.165) is 77.8 Å². The van der Waals surface area contributed by atoms with E-state index in [9.17, 15) is 18.7 Å². The Balaban J connectivity index is 1.17. The van der Waals surface area contributed by atoms with Gasteiger partial charge in [0.15, 0.2) is 11.6 Å². The fourth-order valence-corrected chi connectivity index (χ4v) is 6.63. The molecule has 2 saturated carbocycles. The molecule has 2 atom stereocenters. The highest BCUT2D eigenvalue weighted by molar-refractivity contribution is 6.32. The summed E-state index contributed by atoms with van der Waals surface area (Å²) < 4.78 is 38.9. The van der Waals surface area contributed by atoms with Gasteiger partial charge >= 0.3 is 0 Å². The van der Waals surface area contributed by atoms with E-state index in [-0.39, 0.29) is 41.3 Å². The molecule has 2 heterocycles. The summed E-state index contributed by atoms with van der Waals surface area (Å²) in [6.45, 7) is 5.31. The Hall–Kier alpha value is -3.53. The topological polar surface area (TPSA) is 92.7 Å². The molecule has 3 aromatic rings. The number of aromatic nitrogens is 1. The Bertz CT molecular complexity index is 1620. The van der Waals surface area contributed by atoms with Crippen molar-refractivity contribution in [2.45, 2.75) is 64.5 Å². The zero-order valence-corrected chi connectivity index (χ0v) is 26.9. The van der Waals surface area contributed by atoms with Gasteiger partial charge in [-0.25, -0.2) is 13.8 Å². The second-order valence-electron chi connectivity index (χ2n) is 12.8. The Labute approximate surface area is 273 Å². The maximum atomic E-state index is 14.1. The molecule has 2 aliphatic carbocycles. The number of rotatable bonds is 13. The molecular weight excluding hydrogens is 612 g/mol. The van der Waals surface area contributed by atoms with Crippen LogP contribution >= 0.6 is 11.6 Å². The van der Waals surface area contributed by atoms with Crippen molar-refractivity contribution in [3.63, 3.8) is 0 Å². The van der Waals surface area contributed by atoms with Gasteiger partial charge in [-0.1, -0.05) is 35.9 Å². The lowest BCUT2D eigenvalue weighted by molar-refractivity contribution is -0.118. The average Bonchev–Trinajstić information content (AvgIpc) is 3.99. The normalized spacial score (nSPS) is 18.3. The molecule has 2 fully saturated rings. The number of carbonyl (C=O) groups excluding carboxylic acids is 1. The third-order valence-electron chi connectivity index (χ3n) is 9.20. The van der Waals surface area contributed by atoms with Crippen LogP contribution in [0.25, 0.3) is 5.57 Å². The molecule has 0 saturated heterocycles. The number of nitrogens with one attached hydrogen (secondary N) is 2. The second-order valence-corrected chi connectivity index (χ2v) is 13.2. The minimum Gasteiger partial charge on any atom is -0.489 e. The molecule has 3 N–H and O–H groups in total. The first kappa shape index (κ1) is 32.4. The molecule has 1 amide bonds. The number of hydrogen-bond donors (Lipinski definition) is 3. The Morgan fingerprint density at radius 2 is 1.87 bits per heavy atom. The van der Waals surface area contributed by atoms with E-state index in [1.165, 1.54) is 0 Å².